The van der Waals surface area contributed by atoms with Gasteiger partial charge in [0.1, 0.15) is 0 Å². The van der Waals surface area contributed by atoms with Gasteiger partial charge in [0.15, 0.2) is 11.6 Å². The SMILES string of the molecule is CCCC(CCO)CNC(=O)c1cc(F)c(F)cc1Cl. The van der Waals surface area contributed by atoms with Crippen LogP contribution in [0, 0.1) is 17.6 Å². The summed E-state index contributed by atoms with van der Waals surface area (Å²) in [5.41, 5.74) is -0.0928. The summed E-state index contributed by atoms with van der Waals surface area (Å²) in [7, 11) is 0. The van der Waals surface area contributed by atoms with E-state index >= 15 is 0 Å². The van der Waals surface area contributed by atoms with Crippen molar-refractivity contribution in [2.45, 2.75) is 26.2 Å². The molecule has 1 rings (SSSR count). The topological polar surface area (TPSA) is 49.3 Å². The van der Waals surface area contributed by atoms with E-state index in [4.69, 9.17) is 16.7 Å². The van der Waals surface area contributed by atoms with Crippen molar-refractivity contribution in [3.05, 3.63) is 34.4 Å². The lowest BCUT2D eigenvalue weighted by Crippen LogP contribution is -2.30. The van der Waals surface area contributed by atoms with Crippen LogP contribution in [0.3, 0.4) is 0 Å². The van der Waals surface area contributed by atoms with Gasteiger partial charge >= 0.3 is 0 Å². The van der Waals surface area contributed by atoms with Gasteiger partial charge in [-0.2, -0.15) is 0 Å². The van der Waals surface area contributed by atoms with E-state index in [-0.39, 0.29) is 23.1 Å². The average Bonchev–Trinajstić information content (AvgIpc) is 2.40. The summed E-state index contributed by atoms with van der Waals surface area (Å²) in [4.78, 5) is 11.9. The molecule has 20 heavy (non-hydrogen) atoms. The Morgan fingerprint density at radius 3 is 2.60 bits per heavy atom. The minimum absolute atomic E-state index is 0.0481. The van der Waals surface area contributed by atoms with E-state index in [0.717, 1.165) is 25.0 Å². The highest BCUT2D eigenvalue weighted by molar-refractivity contribution is 6.33. The van der Waals surface area contributed by atoms with Gasteiger partial charge in [-0.25, -0.2) is 8.78 Å². The standard InChI is InChI=1S/C14H18ClF2NO2/c1-2-3-9(4-5-19)8-18-14(20)10-6-12(16)13(17)7-11(10)15/h6-7,9,19H,2-5,8H2,1H3,(H,18,20). The maximum Gasteiger partial charge on any atom is 0.252 e. The molecule has 1 aromatic carbocycles. The number of nitrogens with one attached hydrogen (secondary N) is 1. The molecule has 2 N–H and O–H groups in total. The molecular formula is C14H18ClF2NO2. The van der Waals surface area contributed by atoms with E-state index < -0.39 is 17.5 Å². The Labute approximate surface area is 121 Å². The molecule has 1 amide bonds. The van der Waals surface area contributed by atoms with Crippen molar-refractivity contribution in [1.82, 2.24) is 5.32 Å². The van der Waals surface area contributed by atoms with Crippen molar-refractivity contribution in [3.8, 4) is 0 Å². The summed E-state index contributed by atoms with van der Waals surface area (Å²) in [6.07, 6.45) is 2.39. The highest BCUT2D eigenvalue weighted by Crippen LogP contribution is 2.20. The molecular weight excluding hydrogens is 288 g/mol. The summed E-state index contributed by atoms with van der Waals surface area (Å²) in [6, 6.07) is 1.57. The van der Waals surface area contributed by atoms with E-state index in [9.17, 15) is 13.6 Å². The lowest BCUT2D eigenvalue weighted by Gasteiger charge is -2.16. The molecule has 0 aliphatic rings. The van der Waals surface area contributed by atoms with Crippen LogP contribution >= 0.6 is 11.6 Å². The van der Waals surface area contributed by atoms with E-state index in [1.54, 1.807) is 0 Å². The molecule has 3 nitrogen and oxygen atoms in total. The number of halogens is 3. The predicted octanol–water partition coefficient (Wildman–Crippen LogP) is 3.15. The number of aliphatic hydroxyl groups is 1. The van der Waals surface area contributed by atoms with Crippen molar-refractivity contribution in [2.75, 3.05) is 13.2 Å². The minimum atomic E-state index is -1.11. The van der Waals surface area contributed by atoms with Crippen LogP contribution in [0.25, 0.3) is 0 Å². The first-order valence-electron chi connectivity index (χ1n) is 6.53. The van der Waals surface area contributed by atoms with Gasteiger partial charge in [0.2, 0.25) is 0 Å². The quantitative estimate of drug-likeness (QED) is 0.760. The first kappa shape index (κ1) is 16.9. The Kier molecular flexibility index (Phi) is 6.88. The van der Waals surface area contributed by atoms with Gasteiger partial charge in [-0.15, -0.1) is 0 Å². The normalized spacial score (nSPS) is 12.2. The van der Waals surface area contributed by atoms with Crippen molar-refractivity contribution in [1.29, 1.82) is 0 Å². The van der Waals surface area contributed by atoms with Crippen molar-refractivity contribution in [2.24, 2.45) is 5.92 Å². The van der Waals surface area contributed by atoms with Crippen LogP contribution in [-0.2, 0) is 0 Å². The fraction of sp³-hybridized carbons (Fsp3) is 0.500. The molecule has 1 atom stereocenters. The third-order valence-electron chi connectivity index (χ3n) is 3.04. The fourth-order valence-corrected chi connectivity index (χ4v) is 2.20. The molecule has 0 aliphatic carbocycles. The highest BCUT2D eigenvalue weighted by Gasteiger charge is 2.16. The molecule has 0 spiro atoms. The van der Waals surface area contributed by atoms with Gasteiger partial charge in [-0.1, -0.05) is 24.9 Å². The Balaban J connectivity index is 2.69. The van der Waals surface area contributed by atoms with Crippen LogP contribution in [0.15, 0.2) is 12.1 Å². The number of carbonyl (C=O) groups excluding carboxylic acids is 1. The Morgan fingerprint density at radius 1 is 1.35 bits per heavy atom. The van der Waals surface area contributed by atoms with Crippen LogP contribution in [0.1, 0.15) is 36.5 Å². The highest BCUT2D eigenvalue weighted by atomic mass is 35.5. The Hall–Kier alpha value is -1.20. The van der Waals surface area contributed by atoms with Crippen LogP contribution < -0.4 is 5.32 Å². The first-order valence-corrected chi connectivity index (χ1v) is 6.91. The van der Waals surface area contributed by atoms with Gasteiger partial charge in [0.25, 0.3) is 5.91 Å². The van der Waals surface area contributed by atoms with Crippen molar-refractivity contribution in [3.63, 3.8) is 0 Å². The fourth-order valence-electron chi connectivity index (χ4n) is 1.97. The zero-order valence-electron chi connectivity index (χ0n) is 11.3. The number of hydrogen-bond donors (Lipinski definition) is 2. The summed E-state index contributed by atoms with van der Waals surface area (Å²) in [6.45, 7) is 2.42. The van der Waals surface area contributed by atoms with Gasteiger partial charge in [0, 0.05) is 13.2 Å². The zero-order chi connectivity index (χ0) is 15.1. The number of aliphatic hydroxyl groups excluding tert-OH is 1. The second-order valence-electron chi connectivity index (χ2n) is 4.62. The number of benzene rings is 1. The van der Waals surface area contributed by atoms with Crippen molar-refractivity contribution >= 4 is 17.5 Å². The van der Waals surface area contributed by atoms with Crippen LogP contribution in [0.5, 0.6) is 0 Å². The minimum Gasteiger partial charge on any atom is -0.396 e. The largest absolute Gasteiger partial charge is 0.396 e. The molecule has 0 saturated heterocycles. The Morgan fingerprint density at radius 2 is 2.00 bits per heavy atom. The molecule has 0 fully saturated rings. The molecule has 6 heteroatoms. The molecule has 0 bridgehead atoms. The number of amides is 1. The van der Waals surface area contributed by atoms with Gasteiger partial charge < -0.3 is 10.4 Å². The van der Waals surface area contributed by atoms with Gasteiger partial charge in [-0.05, 0) is 30.9 Å². The average molecular weight is 306 g/mol. The van der Waals surface area contributed by atoms with Gasteiger partial charge in [0.05, 0.1) is 10.6 Å². The number of carbonyl (C=O) groups is 1. The maximum absolute atomic E-state index is 13.1. The van der Waals surface area contributed by atoms with E-state index in [1.807, 2.05) is 6.92 Å². The van der Waals surface area contributed by atoms with Crippen LogP contribution in [0.2, 0.25) is 5.02 Å². The molecule has 0 radical (unpaired) electrons. The summed E-state index contributed by atoms with van der Waals surface area (Å²) in [5.74, 6) is -2.60. The molecule has 0 aromatic heterocycles. The summed E-state index contributed by atoms with van der Waals surface area (Å²) >= 11 is 5.73. The van der Waals surface area contributed by atoms with E-state index in [1.165, 1.54) is 0 Å². The molecule has 1 aromatic rings. The van der Waals surface area contributed by atoms with E-state index in [0.29, 0.717) is 13.0 Å². The molecule has 112 valence electrons. The molecule has 0 aliphatic heterocycles. The Bertz CT molecular complexity index is 463. The smallest absolute Gasteiger partial charge is 0.252 e. The third kappa shape index (κ3) is 4.72. The second kappa shape index (κ2) is 8.17. The lowest BCUT2D eigenvalue weighted by atomic mass is 10.00. The molecule has 0 saturated carbocycles. The van der Waals surface area contributed by atoms with Crippen LogP contribution in [-0.4, -0.2) is 24.2 Å². The maximum atomic E-state index is 13.1. The second-order valence-corrected chi connectivity index (χ2v) is 5.03. The van der Waals surface area contributed by atoms with Crippen LogP contribution in [0.4, 0.5) is 8.78 Å². The number of rotatable bonds is 7. The predicted molar refractivity (Wildman–Crippen MR) is 73.8 cm³/mol. The van der Waals surface area contributed by atoms with E-state index in [2.05, 4.69) is 5.32 Å². The van der Waals surface area contributed by atoms with Crippen molar-refractivity contribution < 1.29 is 18.7 Å². The lowest BCUT2D eigenvalue weighted by molar-refractivity contribution is 0.0942. The monoisotopic (exact) mass is 305 g/mol. The summed E-state index contributed by atoms with van der Waals surface area (Å²) < 4.78 is 26.0. The molecule has 1 unspecified atom stereocenters. The van der Waals surface area contributed by atoms with Gasteiger partial charge in [-0.3, -0.25) is 4.79 Å². The number of hydrogen-bond acceptors (Lipinski definition) is 2. The summed E-state index contributed by atoms with van der Waals surface area (Å²) in [5, 5.41) is 11.4. The first-order chi connectivity index (χ1) is 9.49. The zero-order valence-corrected chi connectivity index (χ0v) is 12.0. The third-order valence-corrected chi connectivity index (χ3v) is 3.35. The molecule has 0 heterocycles.